The second-order valence-electron chi connectivity index (χ2n) is 11.5. The zero-order valence-corrected chi connectivity index (χ0v) is 22.6. The molecule has 42 heavy (non-hydrogen) atoms. The van der Waals surface area contributed by atoms with Gasteiger partial charge < -0.3 is 16.0 Å². The zero-order valence-electron chi connectivity index (χ0n) is 22.6. The summed E-state index contributed by atoms with van der Waals surface area (Å²) in [6, 6.07) is 7.39. The van der Waals surface area contributed by atoms with Gasteiger partial charge in [-0.3, -0.25) is 14.5 Å². The van der Waals surface area contributed by atoms with E-state index in [9.17, 15) is 31.5 Å². The third-order valence-corrected chi connectivity index (χ3v) is 8.33. The lowest BCUT2D eigenvalue weighted by Crippen LogP contribution is -2.55. The molecule has 2 aliphatic heterocycles. The number of alkyl halides is 5. The second kappa shape index (κ2) is 10.5. The lowest BCUT2D eigenvalue weighted by atomic mass is 9.86. The normalized spacial score (nSPS) is 24.1. The summed E-state index contributed by atoms with van der Waals surface area (Å²) in [6.45, 7) is -0.760. The van der Waals surface area contributed by atoms with E-state index in [-0.39, 0.29) is 75.7 Å². The summed E-state index contributed by atoms with van der Waals surface area (Å²) in [7, 11) is 0. The number of anilines is 1. The van der Waals surface area contributed by atoms with Gasteiger partial charge in [-0.2, -0.15) is 5.10 Å². The van der Waals surface area contributed by atoms with Gasteiger partial charge in [0.2, 0.25) is 11.8 Å². The van der Waals surface area contributed by atoms with E-state index in [1.54, 1.807) is 39.7 Å². The van der Waals surface area contributed by atoms with Crippen LogP contribution in [0.5, 0.6) is 0 Å². The van der Waals surface area contributed by atoms with Gasteiger partial charge in [-0.25, -0.2) is 31.5 Å². The van der Waals surface area contributed by atoms with E-state index < -0.39 is 35.9 Å². The lowest BCUT2D eigenvalue weighted by molar-refractivity contribution is -0.138. The molecule has 3 N–H and O–H groups in total. The lowest BCUT2D eigenvalue weighted by Gasteiger charge is -2.38. The first-order valence-electron chi connectivity index (χ1n) is 13.8. The largest absolute Gasteiger partial charge is 0.382 e. The highest BCUT2D eigenvalue weighted by Crippen LogP contribution is 2.37. The molecule has 6 rings (SSSR count). The van der Waals surface area contributed by atoms with Gasteiger partial charge in [-0.1, -0.05) is 12.1 Å². The van der Waals surface area contributed by atoms with Crippen molar-refractivity contribution in [1.82, 2.24) is 29.7 Å². The van der Waals surface area contributed by atoms with Crippen LogP contribution < -0.4 is 11.1 Å². The number of carbonyl (C=O) groups excluding carboxylic acids is 2. The average molecular weight is 592 g/mol. The van der Waals surface area contributed by atoms with Crippen molar-refractivity contribution in [3.63, 3.8) is 0 Å². The van der Waals surface area contributed by atoms with Crippen LogP contribution >= 0.6 is 0 Å². The molecule has 1 saturated carbocycles. The first-order valence-corrected chi connectivity index (χ1v) is 13.8. The third kappa shape index (κ3) is 5.51. The molecule has 14 heteroatoms. The van der Waals surface area contributed by atoms with Gasteiger partial charge in [0.05, 0.1) is 31.4 Å². The predicted molar refractivity (Wildman–Crippen MR) is 143 cm³/mol. The van der Waals surface area contributed by atoms with E-state index in [1.807, 2.05) is 0 Å². The Balaban J connectivity index is 1.16. The number of nitrogens with zero attached hydrogens (tertiary/aromatic N) is 5. The number of carbonyl (C=O) groups is 2. The van der Waals surface area contributed by atoms with Crippen molar-refractivity contribution in [1.29, 1.82) is 0 Å². The van der Waals surface area contributed by atoms with Crippen LogP contribution in [0.15, 0.2) is 36.7 Å². The topological polar surface area (TPSA) is 109 Å². The minimum atomic E-state index is -2.77. The number of hydrogen-bond donors (Lipinski definition) is 2. The van der Waals surface area contributed by atoms with Crippen LogP contribution in [0.2, 0.25) is 0 Å². The van der Waals surface area contributed by atoms with Crippen molar-refractivity contribution in [2.75, 3.05) is 31.9 Å². The summed E-state index contributed by atoms with van der Waals surface area (Å²) in [5.74, 6) is -6.78. The van der Waals surface area contributed by atoms with Crippen molar-refractivity contribution in [3.8, 4) is 11.3 Å². The highest BCUT2D eigenvalue weighted by molar-refractivity contribution is 5.96. The molecule has 4 heterocycles. The molecule has 9 nitrogen and oxygen atoms in total. The van der Waals surface area contributed by atoms with E-state index in [4.69, 9.17) is 5.73 Å². The Bertz CT molecular complexity index is 1510. The summed E-state index contributed by atoms with van der Waals surface area (Å²) >= 11 is 0. The molecule has 3 aliphatic rings. The van der Waals surface area contributed by atoms with Gasteiger partial charge in [-0.15, -0.1) is 0 Å². The molecule has 224 valence electrons. The predicted octanol–water partition coefficient (Wildman–Crippen LogP) is 3.53. The Morgan fingerprint density at radius 3 is 2.50 bits per heavy atom. The number of benzene rings is 1. The Morgan fingerprint density at radius 2 is 1.79 bits per heavy atom. The molecule has 0 radical (unpaired) electrons. The second-order valence-corrected chi connectivity index (χ2v) is 11.5. The molecule has 0 bridgehead atoms. The fourth-order valence-electron chi connectivity index (χ4n) is 6.13. The zero-order chi connectivity index (χ0) is 29.8. The summed E-state index contributed by atoms with van der Waals surface area (Å²) in [5, 5.41) is 6.95. The quantitative estimate of drug-likeness (QED) is 0.425. The number of rotatable bonds is 6. The van der Waals surface area contributed by atoms with E-state index in [1.165, 1.54) is 11.2 Å². The maximum absolute atomic E-state index is 14.9. The summed E-state index contributed by atoms with van der Waals surface area (Å²) in [5.41, 5.74) is 8.64. The number of likely N-dealkylation sites (tertiary alicyclic amines) is 2. The SMILES string of the molecule is Nc1ncnn2c(-c3cccc(C(=O)N[C@@H]4CN(C(=O)C5CCC(F)(F)CC5)C[C@@H]4F)c3)cc(CN3CC(F)(F)C3)c12. The van der Waals surface area contributed by atoms with Crippen molar-refractivity contribution < 1.29 is 31.5 Å². The molecule has 2 saturated heterocycles. The number of aromatic nitrogens is 3. The standard InChI is InChI=1S/C28H30F5N7O2/c29-20-11-39(26(42)16-4-6-27(30,31)7-5-16)12-21(20)37-25(41)18-3-1-2-17(8-18)22-9-19(10-38-13-28(32,33)14-38)23-24(34)35-15-36-40(22)23/h1-3,8-9,15-16,20-21H,4-7,10-14H2,(H,37,41)(H2,34,35,36)/t20-,21+/m0/s1. The highest BCUT2D eigenvalue weighted by atomic mass is 19.3. The van der Waals surface area contributed by atoms with Crippen molar-refractivity contribution >= 4 is 23.1 Å². The molecule has 3 fully saturated rings. The molecule has 0 unspecified atom stereocenters. The fraction of sp³-hybridized carbons (Fsp3) is 0.500. The number of amides is 2. The molecule has 0 spiro atoms. The molecule has 2 aromatic heterocycles. The molecule has 1 aromatic carbocycles. The molecule has 1 aliphatic carbocycles. The third-order valence-electron chi connectivity index (χ3n) is 8.33. The van der Waals surface area contributed by atoms with Gasteiger partial charge in [0.25, 0.3) is 11.8 Å². The minimum Gasteiger partial charge on any atom is -0.382 e. The number of hydrogen-bond acceptors (Lipinski definition) is 6. The van der Waals surface area contributed by atoms with Gasteiger partial charge in [-0.05, 0) is 36.6 Å². The molecule has 2 amide bonds. The Hall–Kier alpha value is -3.81. The Labute approximate surface area is 237 Å². The molecular formula is C28H30F5N7O2. The number of fused-ring (bicyclic) bond motifs is 1. The summed E-state index contributed by atoms with van der Waals surface area (Å²) in [4.78, 5) is 33.0. The van der Waals surface area contributed by atoms with Gasteiger partial charge in [0.15, 0.2) is 5.82 Å². The van der Waals surface area contributed by atoms with Crippen LogP contribution in [0.3, 0.4) is 0 Å². The van der Waals surface area contributed by atoms with E-state index >= 15 is 0 Å². The van der Waals surface area contributed by atoms with Gasteiger partial charge in [0.1, 0.15) is 18.0 Å². The highest BCUT2D eigenvalue weighted by Gasteiger charge is 2.44. The van der Waals surface area contributed by atoms with Crippen LogP contribution in [0, 0.1) is 5.92 Å². The average Bonchev–Trinajstić information content (AvgIpc) is 3.48. The minimum absolute atomic E-state index is 0.0449. The fourth-order valence-corrected chi connectivity index (χ4v) is 6.13. The van der Waals surface area contributed by atoms with E-state index in [0.29, 0.717) is 22.3 Å². The first kappa shape index (κ1) is 28.3. The Morgan fingerprint density at radius 1 is 1.05 bits per heavy atom. The van der Waals surface area contributed by atoms with Gasteiger partial charge in [0, 0.05) is 43.0 Å². The van der Waals surface area contributed by atoms with Crippen molar-refractivity contribution in [2.45, 2.75) is 56.3 Å². The van der Waals surface area contributed by atoms with Crippen molar-refractivity contribution in [2.24, 2.45) is 5.92 Å². The van der Waals surface area contributed by atoms with Gasteiger partial charge >= 0.3 is 0 Å². The van der Waals surface area contributed by atoms with E-state index in [2.05, 4.69) is 15.4 Å². The number of nitrogens with two attached hydrogens (primary N) is 1. The summed E-state index contributed by atoms with van der Waals surface area (Å²) in [6.07, 6.45) is -0.842. The van der Waals surface area contributed by atoms with Crippen LogP contribution in [0.25, 0.3) is 16.8 Å². The number of nitrogens with one attached hydrogen (secondary N) is 1. The number of halogens is 5. The van der Waals surface area contributed by atoms with Crippen LogP contribution in [0.1, 0.15) is 41.6 Å². The van der Waals surface area contributed by atoms with E-state index in [0.717, 1.165) is 0 Å². The maximum atomic E-state index is 14.9. The molecule has 3 aromatic rings. The summed E-state index contributed by atoms with van der Waals surface area (Å²) < 4.78 is 70.3. The maximum Gasteiger partial charge on any atom is 0.272 e. The van der Waals surface area contributed by atoms with Crippen molar-refractivity contribution in [3.05, 3.63) is 47.8 Å². The Kier molecular flexibility index (Phi) is 7.06. The van der Waals surface area contributed by atoms with Crippen LogP contribution in [-0.2, 0) is 11.3 Å². The van der Waals surface area contributed by atoms with Crippen LogP contribution in [-0.4, -0.2) is 86.4 Å². The monoisotopic (exact) mass is 591 g/mol. The number of nitrogen functional groups attached to an aromatic ring is 1. The molecular weight excluding hydrogens is 561 g/mol. The molecule has 2 atom stereocenters. The first-order chi connectivity index (χ1) is 19.9. The van der Waals surface area contributed by atoms with Crippen LogP contribution in [0.4, 0.5) is 27.8 Å². The smallest absolute Gasteiger partial charge is 0.272 e.